The number of sulfonamides is 1. The number of ether oxygens (including phenoxy) is 1. The molecule has 0 spiro atoms. The predicted octanol–water partition coefficient (Wildman–Crippen LogP) is 0.199. The average molecular weight is 280 g/mol. The number of nitrogens with zero attached hydrogens (tertiary/aromatic N) is 1. The molecule has 18 heavy (non-hydrogen) atoms. The second-order valence-electron chi connectivity index (χ2n) is 4.22. The molecule has 0 aromatic rings. The minimum atomic E-state index is -3.27. The molecule has 0 aromatic carbocycles. The molecule has 0 fully saturated rings. The van der Waals surface area contributed by atoms with Crippen molar-refractivity contribution in [1.29, 1.82) is 0 Å². The Morgan fingerprint density at radius 2 is 2.06 bits per heavy atom. The first-order chi connectivity index (χ1) is 8.32. The number of hydrogen-bond acceptors (Lipinski definition) is 4. The largest absolute Gasteiger partial charge is 0.383 e. The van der Waals surface area contributed by atoms with Crippen LogP contribution in [0.3, 0.4) is 0 Å². The zero-order valence-corrected chi connectivity index (χ0v) is 12.4. The average Bonchev–Trinajstić information content (AvgIpc) is 2.27. The zero-order chi connectivity index (χ0) is 14.2. The van der Waals surface area contributed by atoms with Gasteiger partial charge in [-0.3, -0.25) is 4.79 Å². The van der Waals surface area contributed by atoms with Crippen molar-refractivity contribution in [3.63, 3.8) is 0 Å². The Morgan fingerprint density at radius 3 is 2.50 bits per heavy atom. The van der Waals surface area contributed by atoms with Crippen LogP contribution in [0.1, 0.15) is 26.7 Å². The highest BCUT2D eigenvalue weighted by molar-refractivity contribution is 7.88. The summed E-state index contributed by atoms with van der Waals surface area (Å²) in [6, 6.07) is -0.0909. The lowest BCUT2D eigenvalue weighted by Gasteiger charge is -2.25. The van der Waals surface area contributed by atoms with Gasteiger partial charge in [-0.25, -0.2) is 8.42 Å². The van der Waals surface area contributed by atoms with Crippen LogP contribution in [0.4, 0.5) is 0 Å². The summed E-state index contributed by atoms with van der Waals surface area (Å²) in [7, 11) is -1.71. The van der Waals surface area contributed by atoms with Gasteiger partial charge >= 0.3 is 0 Å². The normalized spacial score (nSPS) is 13.6. The topological polar surface area (TPSA) is 75.7 Å². The summed E-state index contributed by atoms with van der Waals surface area (Å²) in [6.45, 7) is 4.86. The van der Waals surface area contributed by atoms with Crippen LogP contribution in [0.25, 0.3) is 0 Å². The lowest BCUT2D eigenvalue weighted by atomic mass is 10.2. The van der Waals surface area contributed by atoms with Crippen molar-refractivity contribution in [2.24, 2.45) is 0 Å². The quantitative estimate of drug-likeness (QED) is 0.612. The van der Waals surface area contributed by atoms with Crippen LogP contribution in [0.5, 0.6) is 0 Å². The first-order valence-electron chi connectivity index (χ1n) is 6.05. The highest BCUT2D eigenvalue weighted by Crippen LogP contribution is 2.09. The van der Waals surface area contributed by atoms with Gasteiger partial charge in [0.05, 0.1) is 12.9 Å². The molecule has 1 atom stereocenters. The number of rotatable bonds is 9. The lowest BCUT2D eigenvalue weighted by molar-refractivity contribution is -0.121. The maximum Gasteiger partial charge on any atom is 0.221 e. The predicted molar refractivity (Wildman–Crippen MR) is 70.8 cm³/mol. The van der Waals surface area contributed by atoms with Crippen LogP contribution in [0.15, 0.2) is 0 Å². The van der Waals surface area contributed by atoms with Crippen molar-refractivity contribution in [1.82, 2.24) is 9.62 Å². The van der Waals surface area contributed by atoms with E-state index >= 15 is 0 Å². The van der Waals surface area contributed by atoms with E-state index in [9.17, 15) is 13.2 Å². The van der Waals surface area contributed by atoms with Crippen LogP contribution in [0.2, 0.25) is 0 Å². The second-order valence-corrected chi connectivity index (χ2v) is 6.16. The molecular formula is C11H24N2O4S. The Hall–Kier alpha value is -0.660. The maximum atomic E-state index is 11.6. The molecule has 0 rings (SSSR count). The molecule has 6 nitrogen and oxygen atoms in total. The molecule has 0 aliphatic carbocycles. The van der Waals surface area contributed by atoms with Gasteiger partial charge in [-0.05, 0) is 13.3 Å². The fourth-order valence-electron chi connectivity index (χ4n) is 1.51. The zero-order valence-electron chi connectivity index (χ0n) is 11.6. The molecule has 0 bridgehead atoms. The number of methoxy groups -OCH3 is 1. The van der Waals surface area contributed by atoms with Crippen molar-refractivity contribution in [3.05, 3.63) is 0 Å². The summed E-state index contributed by atoms with van der Waals surface area (Å²) in [4.78, 5) is 11.5. The van der Waals surface area contributed by atoms with Gasteiger partial charge in [-0.15, -0.1) is 0 Å². The molecule has 0 radical (unpaired) electrons. The van der Waals surface area contributed by atoms with Crippen LogP contribution in [-0.4, -0.2) is 57.7 Å². The van der Waals surface area contributed by atoms with Crippen LogP contribution < -0.4 is 5.32 Å². The van der Waals surface area contributed by atoms with E-state index in [1.54, 1.807) is 7.11 Å². The number of carbonyl (C=O) groups excluding carboxylic acids is 1. The molecule has 108 valence electrons. The fraction of sp³-hybridized carbons (Fsp3) is 0.909. The molecule has 7 heteroatoms. The van der Waals surface area contributed by atoms with Gasteiger partial charge in [0, 0.05) is 32.7 Å². The Kier molecular flexibility index (Phi) is 8.13. The smallest absolute Gasteiger partial charge is 0.221 e. The molecule has 0 aliphatic rings. The van der Waals surface area contributed by atoms with Gasteiger partial charge in [0.1, 0.15) is 0 Å². The van der Waals surface area contributed by atoms with Gasteiger partial charge in [0.15, 0.2) is 0 Å². The van der Waals surface area contributed by atoms with Crippen molar-refractivity contribution in [3.8, 4) is 0 Å². The van der Waals surface area contributed by atoms with Gasteiger partial charge in [-0.1, -0.05) is 6.92 Å². The molecule has 0 heterocycles. The molecule has 0 aliphatic heterocycles. The first-order valence-corrected chi connectivity index (χ1v) is 7.90. The van der Waals surface area contributed by atoms with E-state index in [1.165, 1.54) is 10.6 Å². The van der Waals surface area contributed by atoms with E-state index < -0.39 is 10.0 Å². The molecule has 0 saturated carbocycles. The minimum Gasteiger partial charge on any atom is -0.383 e. The van der Waals surface area contributed by atoms with E-state index in [2.05, 4.69) is 5.32 Å². The molecule has 0 aromatic heterocycles. The second kappa shape index (κ2) is 8.44. The summed E-state index contributed by atoms with van der Waals surface area (Å²) in [5.74, 6) is -0.163. The van der Waals surface area contributed by atoms with Crippen LogP contribution in [-0.2, 0) is 19.6 Å². The van der Waals surface area contributed by atoms with E-state index in [0.717, 1.165) is 6.42 Å². The van der Waals surface area contributed by atoms with E-state index in [-0.39, 0.29) is 24.9 Å². The van der Waals surface area contributed by atoms with Gasteiger partial charge in [-0.2, -0.15) is 4.31 Å². The molecule has 1 unspecified atom stereocenters. The van der Waals surface area contributed by atoms with Crippen LogP contribution >= 0.6 is 0 Å². The number of hydrogen-bond donors (Lipinski definition) is 1. The third-order valence-electron chi connectivity index (χ3n) is 2.70. The Labute approximate surface area is 110 Å². The third-order valence-corrected chi connectivity index (χ3v) is 4.09. The highest BCUT2D eigenvalue weighted by Gasteiger charge is 2.22. The Balaban J connectivity index is 4.24. The number of nitrogens with one attached hydrogen (secondary N) is 1. The third kappa shape index (κ3) is 6.93. The summed E-state index contributed by atoms with van der Waals surface area (Å²) in [6.07, 6.45) is 2.06. The first kappa shape index (κ1) is 17.3. The van der Waals surface area contributed by atoms with Gasteiger partial charge in [0.25, 0.3) is 0 Å². The maximum absolute atomic E-state index is 11.6. The molecule has 1 N–H and O–H groups in total. The van der Waals surface area contributed by atoms with E-state index in [0.29, 0.717) is 13.2 Å². The lowest BCUT2D eigenvalue weighted by Crippen LogP contribution is -2.40. The minimum absolute atomic E-state index is 0.0909. The van der Waals surface area contributed by atoms with Crippen molar-refractivity contribution in [2.75, 3.05) is 33.1 Å². The van der Waals surface area contributed by atoms with Crippen LogP contribution in [0, 0.1) is 0 Å². The summed E-state index contributed by atoms with van der Waals surface area (Å²) < 4.78 is 29.3. The summed E-state index contributed by atoms with van der Waals surface area (Å²) in [5, 5.41) is 2.66. The van der Waals surface area contributed by atoms with Crippen molar-refractivity contribution in [2.45, 2.75) is 32.7 Å². The Bertz CT molecular complexity index is 343. The standard InChI is InChI=1S/C11H24N2O4S/c1-5-10(2)13(18(4,15)16)8-6-11(14)12-7-9-17-3/h10H,5-9H2,1-4H3,(H,12,14). The van der Waals surface area contributed by atoms with E-state index in [1.807, 2.05) is 13.8 Å². The van der Waals surface area contributed by atoms with E-state index in [4.69, 9.17) is 4.74 Å². The molecule has 0 saturated heterocycles. The molecular weight excluding hydrogens is 256 g/mol. The Morgan fingerprint density at radius 1 is 1.44 bits per heavy atom. The molecule has 1 amide bonds. The number of carbonyl (C=O) groups is 1. The monoisotopic (exact) mass is 280 g/mol. The SMILES string of the molecule is CCC(C)N(CCC(=O)NCCOC)S(C)(=O)=O. The van der Waals surface area contributed by atoms with Gasteiger partial charge < -0.3 is 10.1 Å². The summed E-state index contributed by atoms with van der Waals surface area (Å²) in [5.41, 5.74) is 0. The van der Waals surface area contributed by atoms with Gasteiger partial charge in [0.2, 0.25) is 15.9 Å². The summed E-state index contributed by atoms with van der Waals surface area (Å²) >= 11 is 0. The number of amides is 1. The fourth-order valence-corrected chi connectivity index (χ4v) is 2.74. The van der Waals surface area contributed by atoms with Crippen molar-refractivity contribution < 1.29 is 17.9 Å². The van der Waals surface area contributed by atoms with Crippen molar-refractivity contribution >= 4 is 15.9 Å². The highest BCUT2D eigenvalue weighted by atomic mass is 32.2.